The molecule has 0 aliphatic rings. The van der Waals surface area contributed by atoms with E-state index in [-0.39, 0.29) is 11.0 Å². The third-order valence-corrected chi connectivity index (χ3v) is 3.13. The van der Waals surface area contributed by atoms with Crippen molar-refractivity contribution in [1.82, 2.24) is 20.0 Å². The molecular weight excluding hydrogens is 268 g/mol. The molecule has 7 nitrogen and oxygen atoms in total. The lowest BCUT2D eigenvalue weighted by Gasteiger charge is -1.97. The molecule has 0 aromatic carbocycles. The molecule has 19 heavy (non-hydrogen) atoms. The highest BCUT2D eigenvalue weighted by molar-refractivity contribution is 7.99. The van der Waals surface area contributed by atoms with Gasteiger partial charge in [-0.3, -0.25) is 9.48 Å². The van der Waals surface area contributed by atoms with Crippen LogP contribution in [0.15, 0.2) is 21.9 Å². The van der Waals surface area contributed by atoms with Crippen molar-refractivity contribution >= 4 is 17.7 Å². The van der Waals surface area contributed by atoms with Crippen LogP contribution in [0.25, 0.3) is 11.6 Å². The van der Waals surface area contributed by atoms with Crippen LogP contribution in [-0.2, 0) is 11.3 Å². The SMILES string of the molecule is CCCCn1ccc(-c2nnc(SCC(=O)O)o2)n1. The van der Waals surface area contributed by atoms with Crippen molar-refractivity contribution < 1.29 is 14.3 Å². The van der Waals surface area contributed by atoms with E-state index in [4.69, 9.17) is 9.52 Å². The second-order valence-corrected chi connectivity index (χ2v) is 4.80. The van der Waals surface area contributed by atoms with Gasteiger partial charge < -0.3 is 9.52 Å². The van der Waals surface area contributed by atoms with Gasteiger partial charge in [-0.05, 0) is 12.5 Å². The van der Waals surface area contributed by atoms with Gasteiger partial charge in [0.2, 0.25) is 0 Å². The van der Waals surface area contributed by atoms with Crippen LogP contribution in [0.1, 0.15) is 19.8 Å². The number of thioether (sulfide) groups is 1. The zero-order valence-electron chi connectivity index (χ0n) is 10.4. The van der Waals surface area contributed by atoms with Gasteiger partial charge in [-0.25, -0.2) is 0 Å². The first-order valence-electron chi connectivity index (χ1n) is 5.91. The third kappa shape index (κ3) is 3.82. The molecule has 2 aromatic heterocycles. The summed E-state index contributed by atoms with van der Waals surface area (Å²) in [5.74, 6) is -0.719. The second kappa shape index (κ2) is 6.37. The maximum absolute atomic E-state index is 10.4. The fraction of sp³-hybridized carbons (Fsp3) is 0.455. The fourth-order valence-corrected chi connectivity index (χ4v) is 1.90. The summed E-state index contributed by atoms with van der Waals surface area (Å²) in [6, 6.07) is 1.80. The first-order chi connectivity index (χ1) is 9.19. The van der Waals surface area contributed by atoms with E-state index in [0.29, 0.717) is 11.6 Å². The molecule has 0 unspecified atom stereocenters. The van der Waals surface area contributed by atoms with Crippen molar-refractivity contribution in [3.63, 3.8) is 0 Å². The highest BCUT2D eigenvalue weighted by atomic mass is 32.2. The van der Waals surface area contributed by atoms with Gasteiger partial charge in [-0.1, -0.05) is 25.1 Å². The molecule has 0 spiro atoms. The molecule has 102 valence electrons. The van der Waals surface area contributed by atoms with Crippen molar-refractivity contribution in [2.24, 2.45) is 0 Å². The molecule has 1 N–H and O–H groups in total. The third-order valence-electron chi connectivity index (χ3n) is 2.33. The Morgan fingerprint density at radius 1 is 1.53 bits per heavy atom. The topological polar surface area (TPSA) is 94.0 Å². The average molecular weight is 282 g/mol. The van der Waals surface area contributed by atoms with E-state index < -0.39 is 5.97 Å². The summed E-state index contributed by atoms with van der Waals surface area (Å²) >= 11 is 0.990. The summed E-state index contributed by atoms with van der Waals surface area (Å²) in [6.45, 7) is 2.97. The van der Waals surface area contributed by atoms with Crippen LogP contribution < -0.4 is 0 Å². The van der Waals surface area contributed by atoms with E-state index in [9.17, 15) is 4.79 Å². The van der Waals surface area contributed by atoms with E-state index >= 15 is 0 Å². The molecule has 2 rings (SSSR count). The maximum Gasteiger partial charge on any atom is 0.314 e. The Balaban J connectivity index is 2.01. The lowest BCUT2D eigenvalue weighted by atomic mass is 10.3. The van der Waals surface area contributed by atoms with Crippen molar-refractivity contribution in [1.29, 1.82) is 0 Å². The van der Waals surface area contributed by atoms with Gasteiger partial charge in [0.25, 0.3) is 11.1 Å². The van der Waals surface area contributed by atoms with Crippen molar-refractivity contribution in [3.05, 3.63) is 12.3 Å². The first-order valence-corrected chi connectivity index (χ1v) is 6.89. The monoisotopic (exact) mass is 282 g/mol. The first kappa shape index (κ1) is 13.6. The molecule has 0 radical (unpaired) electrons. The highest BCUT2D eigenvalue weighted by Gasteiger charge is 2.12. The molecule has 2 aromatic rings. The van der Waals surface area contributed by atoms with Gasteiger partial charge in [-0.2, -0.15) is 5.10 Å². The maximum atomic E-state index is 10.4. The summed E-state index contributed by atoms with van der Waals surface area (Å²) in [4.78, 5) is 10.4. The molecule has 0 atom stereocenters. The zero-order chi connectivity index (χ0) is 13.7. The Hall–Kier alpha value is -1.83. The predicted octanol–water partition coefficient (Wildman–Crippen LogP) is 1.91. The molecule has 2 heterocycles. The predicted molar refractivity (Wildman–Crippen MR) is 68.8 cm³/mol. The van der Waals surface area contributed by atoms with Crippen LogP contribution in [0, 0.1) is 0 Å². The van der Waals surface area contributed by atoms with E-state index in [2.05, 4.69) is 22.2 Å². The molecule has 8 heteroatoms. The van der Waals surface area contributed by atoms with E-state index in [1.165, 1.54) is 0 Å². The second-order valence-electron chi connectivity index (χ2n) is 3.87. The molecule has 0 amide bonds. The number of hydrogen-bond donors (Lipinski definition) is 1. The van der Waals surface area contributed by atoms with Gasteiger partial charge in [0.05, 0.1) is 0 Å². The minimum absolute atomic E-state index is 0.105. The molecular formula is C11H14N4O3S. The smallest absolute Gasteiger partial charge is 0.314 e. The lowest BCUT2D eigenvalue weighted by Crippen LogP contribution is -1.98. The quantitative estimate of drug-likeness (QED) is 0.775. The number of aliphatic carboxylic acids is 1. The van der Waals surface area contributed by atoms with E-state index in [1.54, 1.807) is 6.07 Å². The van der Waals surface area contributed by atoms with Crippen LogP contribution in [-0.4, -0.2) is 36.8 Å². The molecule has 0 bridgehead atoms. The van der Waals surface area contributed by atoms with E-state index in [0.717, 1.165) is 31.1 Å². The number of carbonyl (C=O) groups is 1. The van der Waals surface area contributed by atoms with E-state index in [1.807, 2.05) is 10.9 Å². The zero-order valence-corrected chi connectivity index (χ0v) is 11.3. The standard InChI is InChI=1S/C11H14N4O3S/c1-2-3-5-15-6-4-8(14-15)10-12-13-11(18-10)19-7-9(16)17/h4,6H,2-3,5,7H2,1H3,(H,16,17). The van der Waals surface area contributed by atoms with Crippen LogP contribution in [0.2, 0.25) is 0 Å². The van der Waals surface area contributed by atoms with Crippen LogP contribution >= 0.6 is 11.8 Å². The van der Waals surface area contributed by atoms with Crippen molar-refractivity contribution in [2.75, 3.05) is 5.75 Å². The Morgan fingerprint density at radius 2 is 2.37 bits per heavy atom. The molecule has 0 aliphatic carbocycles. The van der Waals surface area contributed by atoms with Gasteiger partial charge in [0.1, 0.15) is 11.4 Å². The summed E-state index contributed by atoms with van der Waals surface area (Å²) in [7, 11) is 0. The Morgan fingerprint density at radius 3 is 3.11 bits per heavy atom. The summed E-state index contributed by atoms with van der Waals surface area (Å²) in [6.07, 6.45) is 4.02. The largest absolute Gasteiger partial charge is 0.481 e. The van der Waals surface area contributed by atoms with Crippen LogP contribution in [0.4, 0.5) is 0 Å². The van der Waals surface area contributed by atoms with Crippen molar-refractivity contribution in [3.8, 4) is 11.6 Å². The summed E-state index contributed by atoms with van der Waals surface area (Å²) in [5, 5.41) is 20.7. The van der Waals surface area contributed by atoms with Crippen molar-refractivity contribution in [2.45, 2.75) is 31.5 Å². The summed E-state index contributed by atoms with van der Waals surface area (Å²) in [5.41, 5.74) is 0.603. The molecule has 0 fully saturated rings. The molecule has 0 saturated heterocycles. The Bertz CT molecular complexity index is 552. The number of aryl methyl sites for hydroxylation is 1. The number of unbranched alkanes of at least 4 members (excludes halogenated alkanes) is 1. The van der Waals surface area contributed by atoms with Gasteiger partial charge in [0, 0.05) is 12.7 Å². The average Bonchev–Trinajstić information content (AvgIpc) is 3.02. The van der Waals surface area contributed by atoms with Crippen LogP contribution in [0.5, 0.6) is 0 Å². The van der Waals surface area contributed by atoms with Gasteiger partial charge >= 0.3 is 5.97 Å². The van der Waals surface area contributed by atoms with Crippen LogP contribution in [0.3, 0.4) is 0 Å². The fourth-order valence-electron chi connectivity index (χ4n) is 1.42. The van der Waals surface area contributed by atoms with Gasteiger partial charge in [0.15, 0.2) is 0 Å². The highest BCUT2D eigenvalue weighted by Crippen LogP contribution is 2.21. The number of hydrogen-bond acceptors (Lipinski definition) is 6. The van der Waals surface area contributed by atoms with Gasteiger partial charge in [-0.15, -0.1) is 10.2 Å². The number of aromatic nitrogens is 4. The minimum atomic E-state index is -0.923. The number of rotatable bonds is 7. The minimum Gasteiger partial charge on any atom is -0.481 e. The number of carboxylic acid groups (broad SMARTS) is 1. The number of nitrogens with zero attached hydrogens (tertiary/aromatic N) is 4. The normalized spacial score (nSPS) is 10.8. The molecule has 0 saturated carbocycles. The molecule has 0 aliphatic heterocycles. The lowest BCUT2D eigenvalue weighted by molar-refractivity contribution is -0.133. The Kier molecular flexibility index (Phi) is 4.56. The Labute approximate surface area is 114 Å². The number of carboxylic acids is 1. The summed E-state index contributed by atoms with van der Waals surface area (Å²) < 4.78 is 7.17.